The lowest BCUT2D eigenvalue weighted by atomic mass is 9.97. The monoisotopic (exact) mass is 304 g/mol. The molecule has 0 bridgehead atoms. The van der Waals surface area contributed by atoms with Gasteiger partial charge < -0.3 is 14.2 Å². The van der Waals surface area contributed by atoms with Crippen LogP contribution >= 0.6 is 0 Å². The highest BCUT2D eigenvalue weighted by atomic mass is 16.7. The first kappa shape index (κ1) is 14.6. The Kier molecular flexibility index (Phi) is 3.02. The Balaban J connectivity index is 2.05. The van der Waals surface area contributed by atoms with Crippen molar-refractivity contribution in [3.05, 3.63) is 35.9 Å². The zero-order valence-electron chi connectivity index (χ0n) is 12.5. The van der Waals surface area contributed by atoms with Crippen LogP contribution < -0.4 is 0 Å². The minimum absolute atomic E-state index is 0.623. The smallest absolute Gasteiger partial charge is 0.328 e. The highest BCUT2D eigenvalue weighted by Gasteiger charge is 2.82. The molecule has 1 aliphatic carbocycles. The minimum Gasteiger partial charge on any atom is -0.469 e. The van der Waals surface area contributed by atoms with Crippen molar-refractivity contribution in [2.24, 2.45) is 11.3 Å². The number of methoxy groups -OCH3 is 1. The first-order chi connectivity index (χ1) is 10.3. The normalized spacial score (nSPS) is 27.8. The lowest BCUT2D eigenvalue weighted by Crippen LogP contribution is -2.49. The number of carbonyl (C=O) groups excluding carboxylic acids is 3. The van der Waals surface area contributed by atoms with Crippen LogP contribution in [0.25, 0.3) is 0 Å². The zero-order valence-corrected chi connectivity index (χ0v) is 12.5. The van der Waals surface area contributed by atoms with Crippen LogP contribution in [-0.4, -0.2) is 30.8 Å². The molecule has 6 nitrogen and oxygen atoms in total. The highest BCUT2D eigenvalue weighted by Crippen LogP contribution is 2.68. The molecule has 0 aromatic heterocycles. The van der Waals surface area contributed by atoms with E-state index in [1.165, 1.54) is 21.0 Å². The molecule has 6 heteroatoms. The SMILES string of the molecule is COC(=O)[C@@H]1[C@H](c2ccccc2)C12C(=O)OC(C)(C)OC2=O. The Bertz CT molecular complexity index is 628. The Hall–Kier alpha value is -2.37. The van der Waals surface area contributed by atoms with Gasteiger partial charge in [-0.25, -0.2) is 0 Å². The number of ether oxygens (including phenoxy) is 3. The minimum atomic E-state index is -1.63. The third kappa shape index (κ3) is 1.83. The van der Waals surface area contributed by atoms with Crippen molar-refractivity contribution < 1.29 is 28.6 Å². The van der Waals surface area contributed by atoms with E-state index in [4.69, 9.17) is 14.2 Å². The average molecular weight is 304 g/mol. The summed E-state index contributed by atoms with van der Waals surface area (Å²) >= 11 is 0. The molecule has 1 saturated heterocycles. The van der Waals surface area contributed by atoms with Crippen molar-refractivity contribution in [2.75, 3.05) is 7.11 Å². The lowest BCUT2D eigenvalue weighted by Gasteiger charge is -2.33. The van der Waals surface area contributed by atoms with Gasteiger partial charge in [0.05, 0.1) is 13.0 Å². The van der Waals surface area contributed by atoms with Gasteiger partial charge in [0, 0.05) is 19.8 Å². The second-order valence-electron chi connectivity index (χ2n) is 5.94. The van der Waals surface area contributed by atoms with Crippen LogP contribution in [0.3, 0.4) is 0 Å². The standard InChI is InChI=1S/C16H16O6/c1-15(2)21-13(18)16(14(19)22-15)10(11(16)12(17)20-3)9-7-5-4-6-8-9/h4-8,10-11H,1-3H3/t10-,11-/m0/s1. The van der Waals surface area contributed by atoms with Crippen LogP contribution in [0.15, 0.2) is 30.3 Å². The van der Waals surface area contributed by atoms with Gasteiger partial charge >= 0.3 is 17.9 Å². The Morgan fingerprint density at radius 2 is 1.64 bits per heavy atom. The molecule has 0 N–H and O–H groups in total. The summed E-state index contributed by atoms with van der Waals surface area (Å²) in [6, 6.07) is 8.88. The molecule has 3 rings (SSSR count). The number of hydrogen-bond acceptors (Lipinski definition) is 6. The van der Waals surface area contributed by atoms with Crippen molar-refractivity contribution in [1.29, 1.82) is 0 Å². The summed E-state index contributed by atoms with van der Waals surface area (Å²) in [6.45, 7) is 2.95. The summed E-state index contributed by atoms with van der Waals surface area (Å²) in [7, 11) is 1.22. The number of esters is 3. The predicted octanol–water partition coefficient (Wildman–Crippen LogP) is 1.40. The van der Waals surface area contributed by atoms with Crippen LogP contribution in [0, 0.1) is 11.3 Å². The molecule has 1 aromatic rings. The van der Waals surface area contributed by atoms with E-state index in [1.807, 2.05) is 6.07 Å². The molecule has 0 unspecified atom stereocenters. The third-order valence-electron chi connectivity index (χ3n) is 4.17. The van der Waals surface area contributed by atoms with E-state index < -0.39 is 40.9 Å². The van der Waals surface area contributed by atoms with Crippen molar-refractivity contribution in [2.45, 2.75) is 25.6 Å². The third-order valence-corrected chi connectivity index (χ3v) is 4.17. The van der Waals surface area contributed by atoms with E-state index in [1.54, 1.807) is 24.3 Å². The summed E-state index contributed by atoms with van der Waals surface area (Å²) in [5, 5.41) is 0. The van der Waals surface area contributed by atoms with Gasteiger partial charge in [-0.15, -0.1) is 0 Å². The van der Waals surface area contributed by atoms with Gasteiger partial charge in [-0.05, 0) is 5.56 Å². The van der Waals surface area contributed by atoms with Crippen LogP contribution in [0.2, 0.25) is 0 Å². The van der Waals surface area contributed by atoms with Gasteiger partial charge in [-0.3, -0.25) is 14.4 Å². The molecule has 1 spiro atoms. The molecule has 1 aliphatic heterocycles. The van der Waals surface area contributed by atoms with Crippen molar-refractivity contribution >= 4 is 17.9 Å². The molecular weight excluding hydrogens is 288 g/mol. The number of benzene rings is 1. The van der Waals surface area contributed by atoms with Gasteiger partial charge in [0.25, 0.3) is 5.79 Å². The zero-order chi connectivity index (χ0) is 16.1. The average Bonchev–Trinajstić information content (AvgIpc) is 3.16. The van der Waals surface area contributed by atoms with Crippen molar-refractivity contribution in [3.63, 3.8) is 0 Å². The molecular formula is C16H16O6. The predicted molar refractivity (Wildman–Crippen MR) is 73.4 cm³/mol. The van der Waals surface area contributed by atoms with E-state index in [9.17, 15) is 14.4 Å². The molecule has 1 heterocycles. The molecule has 1 aromatic carbocycles. The highest BCUT2D eigenvalue weighted by molar-refractivity contribution is 6.12. The largest absolute Gasteiger partial charge is 0.469 e. The second-order valence-corrected chi connectivity index (χ2v) is 5.94. The fraction of sp³-hybridized carbons (Fsp3) is 0.438. The summed E-state index contributed by atoms with van der Waals surface area (Å²) < 4.78 is 15.2. The van der Waals surface area contributed by atoms with E-state index in [2.05, 4.69) is 0 Å². The number of hydrogen-bond donors (Lipinski definition) is 0. The van der Waals surface area contributed by atoms with Crippen LogP contribution in [0.1, 0.15) is 25.3 Å². The van der Waals surface area contributed by atoms with Crippen LogP contribution in [0.5, 0.6) is 0 Å². The van der Waals surface area contributed by atoms with Crippen molar-refractivity contribution in [1.82, 2.24) is 0 Å². The lowest BCUT2D eigenvalue weighted by molar-refractivity contribution is -0.244. The molecule has 2 fully saturated rings. The van der Waals surface area contributed by atoms with E-state index in [-0.39, 0.29) is 0 Å². The van der Waals surface area contributed by atoms with E-state index >= 15 is 0 Å². The van der Waals surface area contributed by atoms with Gasteiger partial charge in [-0.2, -0.15) is 0 Å². The molecule has 0 amide bonds. The Labute approximate surface area is 127 Å². The molecule has 2 atom stereocenters. The Morgan fingerprint density at radius 1 is 1.09 bits per heavy atom. The van der Waals surface area contributed by atoms with Crippen LogP contribution in [0.4, 0.5) is 0 Å². The quantitative estimate of drug-likeness (QED) is 0.607. The Morgan fingerprint density at radius 3 is 2.14 bits per heavy atom. The molecule has 116 valence electrons. The number of cyclic esters (lactones) is 2. The van der Waals surface area contributed by atoms with Crippen molar-refractivity contribution in [3.8, 4) is 0 Å². The number of carbonyl (C=O) groups is 3. The maximum absolute atomic E-state index is 12.5. The summed E-state index contributed by atoms with van der Waals surface area (Å²) in [5.74, 6) is -4.98. The maximum Gasteiger partial charge on any atom is 0.328 e. The van der Waals surface area contributed by atoms with Gasteiger partial charge in [0.2, 0.25) is 0 Å². The maximum atomic E-state index is 12.5. The summed E-state index contributed by atoms with van der Waals surface area (Å²) in [6.07, 6.45) is 0. The summed E-state index contributed by atoms with van der Waals surface area (Å²) in [4.78, 5) is 37.0. The summed E-state index contributed by atoms with van der Waals surface area (Å²) in [5.41, 5.74) is -0.934. The first-order valence-electron chi connectivity index (χ1n) is 6.94. The van der Waals surface area contributed by atoms with E-state index in [0.717, 1.165) is 0 Å². The van der Waals surface area contributed by atoms with Gasteiger partial charge in [0.1, 0.15) is 0 Å². The van der Waals surface area contributed by atoms with Gasteiger partial charge in [-0.1, -0.05) is 30.3 Å². The van der Waals surface area contributed by atoms with E-state index in [0.29, 0.717) is 5.56 Å². The fourth-order valence-corrected chi connectivity index (χ4v) is 3.18. The number of rotatable bonds is 2. The molecule has 2 aliphatic rings. The second kappa shape index (κ2) is 4.56. The molecule has 22 heavy (non-hydrogen) atoms. The topological polar surface area (TPSA) is 78.9 Å². The first-order valence-corrected chi connectivity index (χ1v) is 6.94. The molecule has 0 radical (unpaired) electrons. The fourth-order valence-electron chi connectivity index (χ4n) is 3.18. The van der Waals surface area contributed by atoms with Crippen LogP contribution in [-0.2, 0) is 28.6 Å². The van der Waals surface area contributed by atoms with Gasteiger partial charge in [0.15, 0.2) is 5.41 Å². The molecule has 1 saturated carbocycles.